The van der Waals surface area contributed by atoms with Crippen LogP contribution in [0.5, 0.6) is 0 Å². The number of H-pyrrole nitrogens is 1. The molecule has 0 bridgehead atoms. The first kappa shape index (κ1) is 14.9. The van der Waals surface area contributed by atoms with Crippen LogP contribution in [0.1, 0.15) is 13.3 Å². The molecule has 0 amide bonds. The number of non-ortho nitro benzene ring substituents is 1. The highest BCUT2D eigenvalue weighted by Crippen LogP contribution is 2.32. The van der Waals surface area contributed by atoms with Gasteiger partial charge in [0.1, 0.15) is 0 Å². The average Bonchev–Trinajstić information content (AvgIpc) is 2.91. The van der Waals surface area contributed by atoms with Crippen molar-refractivity contribution in [3.63, 3.8) is 0 Å². The Kier molecular flexibility index (Phi) is 3.28. The molecular weight excluding hydrogens is 304 g/mol. The predicted octanol–water partition coefficient (Wildman–Crippen LogP) is 1.13. The van der Waals surface area contributed by atoms with Crippen molar-refractivity contribution in [1.82, 2.24) is 9.97 Å². The van der Waals surface area contributed by atoms with Crippen molar-refractivity contribution in [1.29, 1.82) is 0 Å². The van der Waals surface area contributed by atoms with E-state index >= 15 is 0 Å². The molecule has 3 rings (SSSR count). The van der Waals surface area contributed by atoms with Gasteiger partial charge < -0.3 is 10.0 Å². The molecule has 120 valence electrons. The van der Waals surface area contributed by atoms with Gasteiger partial charge in [0.15, 0.2) is 0 Å². The standard InChI is InChI=1S/C14H14N4O5/c1-14(12(20)21)4-5-17(7-14)13-15-10-3-2-8(18(22)23)6-9(10)11(19)16-13/h2-3,6H,4-5,7H2,1H3,(H,20,21)(H,15,16,19). The summed E-state index contributed by atoms with van der Waals surface area (Å²) in [6, 6.07) is 3.87. The minimum Gasteiger partial charge on any atom is -0.481 e. The van der Waals surface area contributed by atoms with Gasteiger partial charge >= 0.3 is 5.97 Å². The number of hydrogen-bond donors (Lipinski definition) is 2. The molecule has 2 heterocycles. The van der Waals surface area contributed by atoms with E-state index in [1.165, 1.54) is 18.2 Å². The van der Waals surface area contributed by atoms with Gasteiger partial charge in [-0.15, -0.1) is 0 Å². The Morgan fingerprint density at radius 3 is 2.87 bits per heavy atom. The molecule has 2 aromatic rings. The zero-order valence-corrected chi connectivity index (χ0v) is 12.3. The molecule has 1 fully saturated rings. The number of hydrogen-bond acceptors (Lipinski definition) is 6. The molecule has 2 N–H and O–H groups in total. The first-order valence-corrected chi connectivity index (χ1v) is 6.97. The van der Waals surface area contributed by atoms with Crippen molar-refractivity contribution in [2.75, 3.05) is 18.0 Å². The predicted molar refractivity (Wildman–Crippen MR) is 81.6 cm³/mol. The van der Waals surface area contributed by atoms with Gasteiger partial charge in [0.25, 0.3) is 11.2 Å². The number of anilines is 1. The topological polar surface area (TPSA) is 129 Å². The second-order valence-electron chi connectivity index (χ2n) is 5.89. The number of nitro groups is 1. The van der Waals surface area contributed by atoms with Crippen LogP contribution in [0, 0.1) is 15.5 Å². The van der Waals surface area contributed by atoms with E-state index in [1.54, 1.807) is 11.8 Å². The molecule has 1 aliphatic rings. The molecule has 1 saturated heterocycles. The molecule has 9 heteroatoms. The number of rotatable bonds is 3. The Morgan fingerprint density at radius 1 is 1.52 bits per heavy atom. The lowest BCUT2D eigenvalue weighted by Crippen LogP contribution is -2.33. The van der Waals surface area contributed by atoms with Crippen LogP contribution in [0.3, 0.4) is 0 Å². The van der Waals surface area contributed by atoms with Crippen molar-refractivity contribution in [2.45, 2.75) is 13.3 Å². The first-order chi connectivity index (χ1) is 10.8. The number of carboxylic acid groups (broad SMARTS) is 1. The molecule has 1 unspecified atom stereocenters. The van der Waals surface area contributed by atoms with Crippen molar-refractivity contribution in [2.24, 2.45) is 5.41 Å². The SMILES string of the molecule is CC1(C(=O)O)CCN(c2nc3ccc([N+](=O)[O-])cc3c(=O)[nH]2)C1. The molecular formula is C14H14N4O5. The Labute approximate surface area is 129 Å². The lowest BCUT2D eigenvalue weighted by atomic mass is 9.90. The summed E-state index contributed by atoms with van der Waals surface area (Å²) in [5.41, 5.74) is -1.23. The van der Waals surface area contributed by atoms with Gasteiger partial charge in [-0.25, -0.2) is 4.98 Å². The fourth-order valence-corrected chi connectivity index (χ4v) is 2.69. The maximum atomic E-state index is 12.2. The van der Waals surface area contributed by atoms with Gasteiger partial charge in [-0.3, -0.25) is 24.7 Å². The van der Waals surface area contributed by atoms with Crippen molar-refractivity contribution in [3.8, 4) is 0 Å². The van der Waals surface area contributed by atoms with E-state index in [-0.39, 0.29) is 23.6 Å². The molecule has 23 heavy (non-hydrogen) atoms. The zero-order valence-electron chi connectivity index (χ0n) is 12.3. The maximum absolute atomic E-state index is 12.2. The number of aliphatic carboxylic acids is 1. The Morgan fingerprint density at radius 2 is 2.26 bits per heavy atom. The van der Waals surface area contributed by atoms with Gasteiger partial charge in [-0.1, -0.05) is 0 Å². The molecule has 1 atom stereocenters. The summed E-state index contributed by atoms with van der Waals surface area (Å²) in [5.74, 6) is -0.611. The van der Waals surface area contributed by atoms with Crippen LogP contribution in [0.15, 0.2) is 23.0 Å². The van der Waals surface area contributed by atoms with Crippen molar-refractivity contribution >= 4 is 28.5 Å². The highest BCUT2D eigenvalue weighted by molar-refractivity contribution is 5.81. The smallest absolute Gasteiger partial charge is 0.311 e. The van der Waals surface area contributed by atoms with Crippen molar-refractivity contribution in [3.05, 3.63) is 38.7 Å². The number of nitro benzene ring substituents is 1. The molecule has 9 nitrogen and oxygen atoms in total. The van der Waals surface area contributed by atoms with Crippen molar-refractivity contribution < 1.29 is 14.8 Å². The van der Waals surface area contributed by atoms with Gasteiger partial charge in [0.05, 0.1) is 21.2 Å². The Bertz CT molecular complexity index is 877. The maximum Gasteiger partial charge on any atom is 0.311 e. The van der Waals surface area contributed by atoms with Gasteiger partial charge in [-0.2, -0.15) is 0 Å². The van der Waals surface area contributed by atoms with Crippen LogP contribution in [0.25, 0.3) is 10.9 Å². The molecule has 0 spiro atoms. The minimum atomic E-state index is -0.890. The lowest BCUT2D eigenvalue weighted by Gasteiger charge is -2.20. The highest BCUT2D eigenvalue weighted by Gasteiger charge is 2.41. The largest absolute Gasteiger partial charge is 0.481 e. The number of nitrogens with one attached hydrogen (secondary N) is 1. The third-order valence-electron chi connectivity index (χ3n) is 4.18. The number of carboxylic acids is 1. The second kappa shape index (κ2) is 5.04. The zero-order chi connectivity index (χ0) is 16.8. The van der Waals surface area contributed by atoms with Crippen LogP contribution >= 0.6 is 0 Å². The van der Waals surface area contributed by atoms with E-state index in [0.717, 1.165) is 0 Å². The monoisotopic (exact) mass is 318 g/mol. The molecule has 0 saturated carbocycles. The van der Waals surface area contributed by atoms with E-state index < -0.39 is 21.9 Å². The van der Waals surface area contributed by atoms with E-state index in [2.05, 4.69) is 9.97 Å². The van der Waals surface area contributed by atoms with Gasteiger partial charge in [0.2, 0.25) is 5.95 Å². The molecule has 1 aromatic carbocycles. The minimum absolute atomic E-state index is 0.128. The van der Waals surface area contributed by atoms with Gasteiger partial charge in [-0.05, 0) is 19.4 Å². The number of benzene rings is 1. The Balaban J connectivity index is 2.01. The van der Waals surface area contributed by atoms with Crippen LogP contribution in [-0.4, -0.2) is 39.1 Å². The van der Waals surface area contributed by atoms with E-state index in [0.29, 0.717) is 18.5 Å². The fraction of sp³-hybridized carbons (Fsp3) is 0.357. The highest BCUT2D eigenvalue weighted by atomic mass is 16.6. The number of carbonyl (C=O) groups is 1. The summed E-state index contributed by atoms with van der Waals surface area (Å²) in [6.45, 7) is 2.35. The molecule has 1 aliphatic heterocycles. The number of nitrogens with zero attached hydrogens (tertiary/aromatic N) is 3. The Hall–Kier alpha value is -2.97. The summed E-state index contributed by atoms with van der Waals surface area (Å²) >= 11 is 0. The van der Waals surface area contributed by atoms with Crippen LogP contribution < -0.4 is 10.5 Å². The fourth-order valence-electron chi connectivity index (χ4n) is 2.69. The summed E-state index contributed by atoms with van der Waals surface area (Å²) in [6.07, 6.45) is 0.449. The average molecular weight is 318 g/mol. The molecule has 0 radical (unpaired) electrons. The normalized spacial score (nSPS) is 20.8. The second-order valence-corrected chi connectivity index (χ2v) is 5.89. The summed E-state index contributed by atoms with van der Waals surface area (Å²) in [4.78, 5) is 42.2. The van der Waals surface area contributed by atoms with E-state index in [4.69, 9.17) is 0 Å². The first-order valence-electron chi connectivity index (χ1n) is 6.97. The quantitative estimate of drug-likeness (QED) is 0.641. The molecule has 1 aromatic heterocycles. The van der Waals surface area contributed by atoms with Crippen LogP contribution in [-0.2, 0) is 4.79 Å². The van der Waals surface area contributed by atoms with Crippen LogP contribution in [0.2, 0.25) is 0 Å². The molecule has 0 aliphatic carbocycles. The number of aromatic amines is 1. The lowest BCUT2D eigenvalue weighted by molar-refractivity contribution is -0.384. The number of fused-ring (bicyclic) bond motifs is 1. The third-order valence-corrected chi connectivity index (χ3v) is 4.18. The van der Waals surface area contributed by atoms with E-state index in [9.17, 15) is 24.8 Å². The summed E-state index contributed by atoms with van der Waals surface area (Å²) < 4.78 is 0. The van der Waals surface area contributed by atoms with Crippen LogP contribution in [0.4, 0.5) is 11.6 Å². The summed E-state index contributed by atoms with van der Waals surface area (Å²) in [5, 5.41) is 20.2. The summed E-state index contributed by atoms with van der Waals surface area (Å²) in [7, 11) is 0. The number of aromatic nitrogens is 2. The van der Waals surface area contributed by atoms with E-state index in [1.807, 2.05) is 0 Å². The van der Waals surface area contributed by atoms with Gasteiger partial charge in [0, 0.05) is 25.2 Å². The third kappa shape index (κ3) is 2.50.